The summed E-state index contributed by atoms with van der Waals surface area (Å²) >= 11 is 0. The third kappa shape index (κ3) is 6.99. The van der Waals surface area contributed by atoms with Crippen molar-refractivity contribution in [1.82, 2.24) is 35.1 Å². The second-order valence-electron chi connectivity index (χ2n) is 14.9. The van der Waals surface area contributed by atoms with Crippen molar-refractivity contribution in [2.75, 3.05) is 20.2 Å². The first kappa shape index (κ1) is 35.8. The lowest BCUT2D eigenvalue weighted by Gasteiger charge is -2.29. The summed E-state index contributed by atoms with van der Waals surface area (Å²) in [6.45, 7) is 13.1. The number of rotatable bonds is 9. The molecule has 0 spiro atoms. The van der Waals surface area contributed by atoms with Gasteiger partial charge in [-0.2, -0.15) is 0 Å². The van der Waals surface area contributed by atoms with Crippen LogP contribution in [0.4, 0.5) is 4.79 Å². The molecular weight excluding hydrogens is 674 g/mol. The lowest BCUT2D eigenvalue weighted by atomic mass is 9.96. The highest BCUT2D eigenvalue weighted by Crippen LogP contribution is 2.48. The number of amides is 3. The molecule has 0 aliphatic carbocycles. The number of likely N-dealkylation sites (tertiary alicyclic amines) is 1. The summed E-state index contributed by atoms with van der Waals surface area (Å²) in [7, 11) is 1.29. The number of hydrogen-bond acceptors (Lipinski definition) is 8. The van der Waals surface area contributed by atoms with Gasteiger partial charge in [-0.25, -0.2) is 14.8 Å². The van der Waals surface area contributed by atoms with E-state index in [0.29, 0.717) is 47.6 Å². The Kier molecular flexibility index (Phi) is 9.75. The Balaban J connectivity index is 1.05. The van der Waals surface area contributed by atoms with Crippen molar-refractivity contribution in [3.8, 4) is 45.5 Å². The first-order valence-electron chi connectivity index (χ1n) is 18.3. The summed E-state index contributed by atoms with van der Waals surface area (Å²) in [5.74, 6) is 3.72. The van der Waals surface area contributed by atoms with Crippen LogP contribution in [0, 0.1) is 17.8 Å². The molecule has 3 aliphatic rings. The Bertz CT molecular complexity index is 2060. The quantitative estimate of drug-likeness (QED) is 0.132. The fraction of sp³-hybridized carbons (Fsp3) is 0.425. The number of benzene rings is 2. The van der Waals surface area contributed by atoms with Crippen LogP contribution in [0.15, 0.2) is 60.4 Å². The standard InChI is InChI=1S/C40H47N7O6/c1-21(2)24(6)38(48)47-20-23(5)15-30(47)37-42-19-28(44-37)26-11-13-32-34(17-26)53-31-12-10-25(16-33(31)52-32)27-18-41-36(43-27)29-9-8-14-46(29)39(49)35(22(3)4)45-40(50)51-7/h10-13,15-19,21-22,24,29-30,35H,8-9,14,20H2,1-7H3,(H,41,43)(H,42,44)(H,45,50)/t24-,29-,30-,35-/m0/s1. The summed E-state index contributed by atoms with van der Waals surface area (Å²) in [5.41, 5.74) is 4.37. The largest absolute Gasteiger partial charge is 0.453 e. The lowest BCUT2D eigenvalue weighted by molar-refractivity contribution is -0.137. The maximum absolute atomic E-state index is 13.6. The van der Waals surface area contributed by atoms with Gasteiger partial charge in [0.25, 0.3) is 0 Å². The molecule has 3 aliphatic heterocycles. The van der Waals surface area contributed by atoms with Crippen molar-refractivity contribution in [2.45, 2.75) is 72.5 Å². The molecule has 1 saturated heterocycles. The van der Waals surface area contributed by atoms with Crippen LogP contribution in [-0.2, 0) is 14.3 Å². The Morgan fingerprint density at radius 2 is 1.60 bits per heavy atom. The van der Waals surface area contributed by atoms with Crippen molar-refractivity contribution in [3.05, 3.63) is 72.1 Å². The molecule has 13 nitrogen and oxygen atoms in total. The van der Waals surface area contributed by atoms with Crippen molar-refractivity contribution in [3.63, 3.8) is 0 Å². The van der Waals surface area contributed by atoms with E-state index >= 15 is 0 Å². The molecule has 13 heteroatoms. The number of hydrogen-bond donors (Lipinski definition) is 3. The minimum atomic E-state index is -0.703. The summed E-state index contributed by atoms with van der Waals surface area (Å²) in [6.07, 6.45) is 6.68. The number of carbonyl (C=O) groups excluding carboxylic acids is 3. The second kappa shape index (κ2) is 14.4. The summed E-state index contributed by atoms with van der Waals surface area (Å²) < 4.78 is 17.4. The van der Waals surface area contributed by atoms with E-state index in [2.05, 4.69) is 40.2 Å². The molecule has 0 unspecified atom stereocenters. The number of fused-ring (bicyclic) bond motifs is 2. The van der Waals surface area contributed by atoms with Crippen LogP contribution >= 0.6 is 0 Å². The van der Waals surface area contributed by atoms with Gasteiger partial charge in [-0.1, -0.05) is 46.3 Å². The highest BCUT2D eigenvalue weighted by molar-refractivity contribution is 5.86. The fourth-order valence-corrected chi connectivity index (χ4v) is 7.16. The number of carbonyl (C=O) groups is 3. The predicted molar refractivity (Wildman–Crippen MR) is 198 cm³/mol. The molecule has 1 fully saturated rings. The van der Waals surface area contributed by atoms with Crippen LogP contribution in [0.25, 0.3) is 22.5 Å². The van der Waals surface area contributed by atoms with E-state index < -0.39 is 12.1 Å². The van der Waals surface area contributed by atoms with E-state index in [0.717, 1.165) is 41.1 Å². The van der Waals surface area contributed by atoms with E-state index in [-0.39, 0.29) is 41.7 Å². The molecule has 5 heterocycles. The zero-order valence-electron chi connectivity index (χ0n) is 31.2. The third-order valence-electron chi connectivity index (χ3n) is 10.5. The molecule has 4 atom stereocenters. The maximum Gasteiger partial charge on any atom is 0.407 e. The number of aromatic nitrogens is 4. The van der Waals surface area contributed by atoms with Crippen LogP contribution in [0.3, 0.4) is 0 Å². The normalized spacial score (nSPS) is 18.9. The molecule has 2 aromatic carbocycles. The Hall–Kier alpha value is -5.59. The van der Waals surface area contributed by atoms with Gasteiger partial charge in [-0.3, -0.25) is 9.59 Å². The molecule has 7 rings (SSSR count). The highest BCUT2D eigenvalue weighted by atomic mass is 16.6. The number of ether oxygens (including phenoxy) is 3. The first-order chi connectivity index (χ1) is 25.4. The zero-order chi connectivity index (χ0) is 37.6. The van der Waals surface area contributed by atoms with E-state index in [4.69, 9.17) is 19.2 Å². The van der Waals surface area contributed by atoms with E-state index in [1.165, 1.54) is 7.11 Å². The number of nitrogens with one attached hydrogen (secondary N) is 3. The van der Waals surface area contributed by atoms with Crippen LogP contribution in [0.5, 0.6) is 23.0 Å². The lowest BCUT2D eigenvalue weighted by Crippen LogP contribution is -2.51. The number of nitrogens with zero attached hydrogens (tertiary/aromatic N) is 4. The number of alkyl carbamates (subject to hydrolysis) is 1. The monoisotopic (exact) mass is 721 g/mol. The van der Waals surface area contributed by atoms with E-state index in [1.54, 1.807) is 11.1 Å². The van der Waals surface area contributed by atoms with Gasteiger partial charge >= 0.3 is 6.09 Å². The van der Waals surface area contributed by atoms with E-state index in [9.17, 15) is 14.4 Å². The molecule has 4 aromatic rings. The minimum absolute atomic E-state index is 0.0817. The zero-order valence-corrected chi connectivity index (χ0v) is 31.2. The molecule has 53 heavy (non-hydrogen) atoms. The molecule has 0 bridgehead atoms. The molecule has 3 N–H and O–H groups in total. The van der Waals surface area contributed by atoms with Crippen LogP contribution in [0.1, 0.15) is 78.1 Å². The van der Waals surface area contributed by atoms with Gasteiger partial charge in [0.05, 0.1) is 30.7 Å². The van der Waals surface area contributed by atoms with Crippen LogP contribution in [-0.4, -0.2) is 73.9 Å². The topological polar surface area (TPSA) is 155 Å². The Morgan fingerprint density at radius 3 is 2.28 bits per heavy atom. The molecular formula is C40H47N7O6. The van der Waals surface area contributed by atoms with Gasteiger partial charge in [-0.05, 0) is 68.0 Å². The second-order valence-corrected chi connectivity index (χ2v) is 14.9. The molecule has 0 radical (unpaired) electrons. The SMILES string of the molecule is COC(=O)N[C@H](C(=O)N1CCC[C@H]1c1nc(-c2ccc3c(c2)Oc2ccc(-c4cnc([C@@H]5C=C(C)CN5C(=O)[C@@H](C)C(C)C)[nH]4)cc2O3)c[nH]1)C(C)C. The van der Waals surface area contributed by atoms with Crippen LogP contribution < -0.4 is 14.8 Å². The van der Waals surface area contributed by atoms with Gasteiger partial charge in [0.1, 0.15) is 23.7 Å². The van der Waals surface area contributed by atoms with Gasteiger partial charge in [0.15, 0.2) is 23.0 Å². The van der Waals surface area contributed by atoms with Gasteiger partial charge < -0.3 is 39.3 Å². The number of methoxy groups -OCH3 is 1. The Morgan fingerprint density at radius 1 is 0.906 bits per heavy atom. The first-order valence-corrected chi connectivity index (χ1v) is 18.3. The fourth-order valence-electron chi connectivity index (χ4n) is 7.16. The van der Waals surface area contributed by atoms with Crippen molar-refractivity contribution in [2.24, 2.45) is 17.8 Å². The van der Waals surface area contributed by atoms with Crippen molar-refractivity contribution in [1.29, 1.82) is 0 Å². The highest BCUT2D eigenvalue weighted by Gasteiger charge is 2.38. The summed E-state index contributed by atoms with van der Waals surface area (Å²) in [4.78, 5) is 58.8. The Labute approximate surface area is 309 Å². The van der Waals surface area contributed by atoms with Gasteiger partial charge in [0.2, 0.25) is 11.8 Å². The van der Waals surface area contributed by atoms with Gasteiger partial charge in [-0.15, -0.1) is 0 Å². The predicted octanol–water partition coefficient (Wildman–Crippen LogP) is 7.53. The van der Waals surface area contributed by atoms with E-state index in [1.807, 2.05) is 75.2 Å². The molecule has 3 amide bonds. The number of H-pyrrole nitrogens is 2. The summed E-state index contributed by atoms with van der Waals surface area (Å²) in [6, 6.07) is 10.2. The number of aromatic amines is 2. The molecule has 278 valence electrons. The third-order valence-corrected chi connectivity index (χ3v) is 10.5. The summed E-state index contributed by atoms with van der Waals surface area (Å²) in [5, 5.41) is 2.69. The van der Waals surface area contributed by atoms with Crippen molar-refractivity contribution >= 4 is 17.9 Å². The molecule has 0 saturated carbocycles. The van der Waals surface area contributed by atoms with Crippen LogP contribution in [0.2, 0.25) is 0 Å². The van der Waals surface area contributed by atoms with Crippen molar-refractivity contribution < 1.29 is 28.6 Å². The number of imidazole rings is 2. The molecule has 2 aromatic heterocycles. The average molecular weight is 722 g/mol. The minimum Gasteiger partial charge on any atom is -0.453 e. The van der Waals surface area contributed by atoms with Gasteiger partial charge in [0, 0.05) is 36.3 Å². The smallest absolute Gasteiger partial charge is 0.407 e. The maximum atomic E-state index is 13.6. The average Bonchev–Trinajstić information content (AvgIpc) is 3.98.